The number of ether oxygens (including phenoxy) is 1. The summed E-state index contributed by atoms with van der Waals surface area (Å²) in [6.07, 6.45) is 0.228. The van der Waals surface area contributed by atoms with Gasteiger partial charge in [0.15, 0.2) is 0 Å². The van der Waals surface area contributed by atoms with Gasteiger partial charge in [0.05, 0.1) is 13.2 Å². The number of methoxy groups -OCH3 is 1. The molecule has 1 aromatic carbocycles. The van der Waals surface area contributed by atoms with Crippen LogP contribution in [-0.4, -0.2) is 35.7 Å². The monoisotopic (exact) mass is 279 g/mol. The van der Waals surface area contributed by atoms with E-state index < -0.39 is 6.10 Å². The van der Waals surface area contributed by atoms with Crippen molar-refractivity contribution in [2.45, 2.75) is 52.7 Å². The van der Waals surface area contributed by atoms with Crippen molar-refractivity contribution in [3.8, 4) is 5.75 Å². The van der Waals surface area contributed by atoms with E-state index in [0.29, 0.717) is 6.42 Å². The van der Waals surface area contributed by atoms with Crippen molar-refractivity contribution < 1.29 is 9.84 Å². The average Bonchev–Trinajstić information content (AvgIpc) is 2.37. The van der Waals surface area contributed by atoms with Gasteiger partial charge in [0.1, 0.15) is 5.75 Å². The molecule has 3 nitrogen and oxygen atoms in total. The van der Waals surface area contributed by atoms with Crippen LogP contribution in [-0.2, 0) is 0 Å². The maximum Gasteiger partial charge on any atom is 0.124 e. The SMILES string of the molecule is CCN(CCC(O)c1cc(C)ccc1OC)C(C)(C)C. The number of aliphatic hydroxyl groups excluding tert-OH is 1. The summed E-state index contributed by atoms with van der Waals surface area (Å²) < 4.78 is 5.35. The molecule has 0 spiro atoms. The highest BCUT2D eigenvalue weighted by Gasteiger charge is 2.21. The van der Waals surface area contributed by atoms with Gasteiger partial charge in [0, 0.05) is 17.6 Å². The quantitative estimate of drug-likeness (QED) is 0.864. The second-order valence-corrected chi connectivity index (χ2v) is 6.30. The Morgan fingerprint density at radius 3 is 2.45 bits per heavy atom. The molecule has 0 fully saturated rings. The highest BCUT2D eigenvalue weighted by atomic mass is 16.5. The Morgan fingerprint density at radius 2 is 1.95 bits per heavy atom. The minimum absolute atomic E-state index is 0.130. The molecule has 0 aliphatic carbocycles. The van der Waals surface area contributed by atoms with Gasteiger partial charge in [-0.05, 0) is 52.8 Å². The Labute approximate surface area is 123 Å². The van der Waals surface area contributed by atoms with Gasteiger partial charge in [-0.2, -0.15) is 0 Å². The van der Waals surface area contributed by atoms with E-state index in [0.717, 1.165) is 30.0 Å². The summed E-state index contributed by atoms with van der Waals surface area (Å²) in [5.74, 6) is 0.766. The number of hydrogen-bond donors (Lipinski definition) is 1. The zero-order chi connectivity index (χ0) is 15.3. The third kappa shape index (κ3) is 4.50. The molecule has 0 radical (unpaired) electrons. The molecule has 3 heteroatoms. The molecule has 0 saturated carbocycles. The molecule has 0 aromatic heterocycles. The molecule has 0 aliphatic rings. The van der Waals surface area contributed by atoms with E-state index in [9.17, 15) is 5.11 Å². The van der Waals surface area contributed by atoms with Crippen LogP contribution in [0.25, 0.3) is 0 Å². The third-order valence-corrected chi connectivity index (χ3v) is 3.75. The van der Waals surface area contributed by atoms with Gasteiger partial charge in [-0.25, -0.2) is 0 Å². The van der Waals surface area contributed by atoms with E-state index >= 15 is 0 Å². The Balaban J connectivity index is 2.76. The smallest absolute Gasteiger partial charge is 0.124 e. The van der Waals surface area contributed by atoms with Crippen molar-refractivity contribution in [1.29, 1.82) is 0 Å². The number of hydrogen-bond acceptors (Lipinski definition) is 3. The molecule has 1 N–H and O–H groups in total. The number of rotatable bonds is 6. The van der Waals surface area contributed by atoms with Crippen LogP contribution < -0.4 is 4.74 Å². The Hall–Kier alpha value is -1.06. The topological polar surface area (TPSA) is 32.7 Å². The van der Waals surface area contributed by atoms with E-state index in [-0.39, 0.29) is 5.54 Å². The van der Waals surface area contributed by atoms with Crippen LogP contribution in [0.15, 0.2) is 18.2 Å². The number of aliphatic hydroxyl groups is 1. The van der Waals surface area contributed by atoms with Crippen LogP contribution in [0.5, 0.6) is 5.75 Å². The Morgan fingerprint density at radius 1 is 1.30 bits per heavy atom. The lowest BCUT2D eigenvalue weighted by Crippen LogP contribution is -2.42. The summed E-state index contributed by atoms with van der Waals surface area (Å²) in [6, 6.07) is 5.94. The van der Waals surface area contributed by atoms with Crippen molar-refractivity contribution in [2.24, 2.45) is 0 Å². The van der Waals surface area contributed by atoms with Crippen molar-refractivity contribution >= 4 is 0 Å². The van der Waals surface area contributed by atoms with Crippen molar-refractivity contribution in [1.82, 2.24) is 4.90 Å². The summed E-state index contributed by atoms with van der Waals surface area (Å²) in [6.45, 7) is 12.7. The fourth-order valence-corrected chi connectivity index (χ4v) is 2.52. The van der Waals surface area contributed by atoms with Gasteiger partial charge >= 0.3 is 0 Å². The molecule has 0 aliphatic heterocycles. The second kappa shape index (κ2) is 7.09. The molecule has 0 bridgehead atoms. The summed E-state index contributed by atoms with van der Waals surface area (Å²) >= 11 is 0. The van der Waals surface area contributed by atoms with Crippen LogP contribution in [0.2, 0.25) is 0 Å². The van der Waals surface area contributed by atoms with E-state index in [1.54, 1.807) is 7.11 Å². The lowest BCUT2D eigenvalue weighted by molar-refractivity contribution is 0.0984. The molecular formula is C17H29NO2. The molecule has 20 heavy (non-hydrogen) atoms. The minimum Gasteiger partial charge on any atom is -0.496 e. The Bertz CT molecular complexity index is 423. The molecule has 1 rings (SSSR count). The lowest BCUT2D eigenvalue weighted by Gasteiger charge is -2.35. The van der Waals surface area contributed by atoms with Crippen LogP contribution in [0.1, 0.15) is 51.3 Å². The predicted octanol–water partition coefficient (Wildman–Crippen LogP) is 3.55. The third-order valence-electron chi connectivity index (χ3n) is 3.75. The van der Waals surface area contributed by atoms with E-state index in [1.165, 1.54) is 0 Å². The van der Waals surface area contributed by atoms with Crippen molar-refractivity contribution in [3.63, 3.8) is 0 Å². The van der Waals surface area contributed by atoms with Crippen LogP contribution in [0.3, 0.4) is 0 Å². The van der Waals surface area contributed by atoms with Gasteiger partial charge in [0.2, 0.25) is 0 Å². The molecule has 1 unspecified atom stereocenters. The molecule has 114 valence electrons. The number of benzene rings is 1. The van der Waals surface area contributed by atoms with Crippen molar-refractivity contribution in [2.75, 3.05) is 20.2 Å². The molecule has 0 saturated heterocycles. The van der Waals surface area contributed by atoms with E-state index in [1.807, 2.05) is 25.1 Å². The predicted molar refractivity (Wildman–Crippen MR) is 84.3 cm³/mol. The lowest BCUT2D eigenvalue weighted by atomic mass is 10.0. The maximum atomic E-state index is 10.5. The first-order valence-corrected chi connectivity index (χ1v) is 7.37. The first kappa shape index (κ1) is 17.0. The summed E-state index contributed by atoms with van der Waals surface area (Å²) in [4.78, 5) is 2.37. The molecular weight excluding hydrogens is 250 g/mol. The van der Waals surface area contributed by atoms with Crippen LogP contribution in [0, 0.1) is 6.92 Å². The van der Waals surface area contributed by atoms with E-state index in [4.69, 9.17) is 4.74 Å². The fraction of sp³-hybridized carbons (Fsp3) is 0.647. The zero-order valence-corrected chi connectivity index (χ0v) is 13.7. The largest absolute Gasteiger partial charge is 0.496 e. The first-order valence-electron chi connectivity index (χ1n) is 7.37. The first-order chi connectivity index (χ1) is 9.29. The van der Waals surface area contributed by atoms with Crippen LogP contribution >= 0.6 is 0 Å². The number of nitrogens with zero attached hydrogens (tertiary/aromatic N) is 1. The summed E-state index contributed by atoms with van der Waals surface area (Å²) in [5.41, 5.74) is 2.16. The van der Waals surface area contributed by atoms with Crippen molar-refractivity contribution in [3.05, 3.63) is 29.3 Å². The second-order valence-electron chi connectivity index (χ2n) is 6.30. The van der Waals surface area contributed by atoms with Gasteiger partial charge in [-0.1, -0.05) is 18.6 Å². The van der Waals surface area contributed by atoms with Crippen LogP contribution in [0.4, 0.5) is 0 Å². The van der Waals surface area contributed by atoms with Gasteiger partial charge in [-0.3, -0.25) is 4.90 Å². The summed E-state index contributed by atoms with van der Waals surface area (Å²) in [7, 11) is 1.65. The molecule has 0 heterocycles. The number of aryl methyl sites for hydroxylation is 1. The average molecular weight is 279 g/mol. The molecule has 1 atom stereocenters. The standard InChI is InChI=1S/C17H29NO2/c1-7-18(17(3,4)5)11-10-15(19)14-12-13(2)8-9-16(14)20-6/h8-9,12,15,19H,7,10-11H2,1-6H3. The van der Waals surface area contributed by atoms with E-state index in [2.05, 4.69) is 32.6 Å². The highest BCUT2D eigenvalue weighted by Crippen LogP contribution is 2.29. The Kier molecular flexibility index (Phi) is 6.03. The van der Waals surface area contributed by atoms with Gasteiger partial charge < -0.3 is 9.84 Å². The molecule has 0 amide bonds. The normalized spacial score (nSPS) is 13.6. The molecule has 1 aromatic rings. The maximum absolute atomic E-state index is 10.5. The minimum atomic E-state index is -0.485. The van der Waals surface area contributed by atoms with Gasteiger partial charge in [-0.15, -0.1) is 0 Å². The fourth-order valence-electron chi connectivity index (χ4n) is 2.52. The summed E-state index contributed by atoms with van der Waals surface area (Å²) in [5, 5.41) is 10.5. The van der Waals surface area contributed by atoms with Gasteiger partial charge in [0.25, 0.3) is 0 Å². The highest BCUT2D eigenvalue weighted by molar-refractivity contribution is 5.38. The zero-order valence-electron chi connectivity index (χ0n) is 13.7.